The van der Waals surface area contributed by atoms with Gasteiger partial charge in [0.15, 0.2) is 0 Å². The van der Waals surface area contributed by atoms with Gasteiger partial charge < -0.3 is 10.6 Å². The lowest BCUT2D eigenvalue weighted by Gasteiger charge is -2.16. The predicted molar refractivity (Wildman–Crippen MR) is 89.3 cm³/mol. The van der Waals surface area contributed by atoms with Crippen molar-refractivity contribution >= 4 is 27.1 Å². The van der Waals surface area contributed by atoms with E-state index in [1.165, 1.54) is 31.1 Å². The molecule has 0 bridgehead atoms. The first-order valence-electron chi connectivity index (χ1n) is 8.04. The quantitative estimate of drug-likeness (QED) is 0.563. The standard InChI is InChI=1S/C15H22F2N2O3S2/c16-15(17)24(21,22)12-7-10-23-13(12)14(20)19-9-8-18-11-5-3-1-2-4-6-11/h7,10-11,15,18H,1-6,8-9H2,(H,19,20). The molecule has 9 heteroatoms. The van der Waals surface area contributed by atoms with Crippen LogP contribution in [0.5, 0.6) is 0 Å². The largest absolute Gasteiger partial charge is 0.350 e. The number of hydrogen-bond acceptors (Lipinski definition) is 5. The molecular formula is C15H22F2N2O3S2. The zero-order valence-corrected chi connectivity index (χ0v) is 14.9. The number of sulfone groups is 1. The van der Waals surface area contributed by atoms with Crippen molar-refractivity contribution < 1.29 is 22.0 Å². The van der Waals surface area contributed by atoms with E-state index < -0.39 is 26.4 Å². The van der Waals surface area contributed by atoms with Crippen LogP contribution >= 0.6 is 11.3 Å². The minimum absolute atomic E-state index is 0.190. The number of nitrogens with one attached hydrogen (secondary N) is 2. The highest BCUT2D eigenvalue weighted by atomic mass is 32.2. The van der Waals surface area contributed by atoms with Crippen LogP contribution in [0.1, 0.15) is 48.2 Å². The maximum Gasteiger partial charge on any atom is 0.341 e. The normalized spacial score (nSPS) is 17.0. The maximum atomic E-state index is 12.6. The third kappa shape index (κ3) is 4.97. The molecule has 1 aliphatic carbocycles. The first-order valence-corrected chi connectivity index (χ1v) is 10.5. The van der Waals surface area contributed by atoms with Gasteiger partial charge in [0.05, 0.1) is 4.90 Å². The van der Waals surface area contributed by atoms with Crippen LogP contribution < -0.4 is 10.6 Å². The molecule has 2 N–H and O–H groups in total. The third-order valence-electron chi connectivity index (χ3n) is 4.08. The highest BCUT2D eigenvalue weighted by Gasteiger charge is 2.32. The van der Waals surface area contributed by atoms with E-state index in [1.54, 1.807) is 0 Å². The van der Waals surface area contributed by atoms with Gasteiger partial charge in [0.2, 0.25) is 9.84 Å². The lowest BCUT2D eigenvalue weighted by atomic mass is 10.1. The fourth-order valence-electron chi connectivity index (χ4n) is 2.80. The van der Waals surface area contributed by atoms with Crippen LogP contribution in [0, 0.1) is 0 Å². The minimum atomic E-state index is -4.76. The molecule has 1 aromatic rings. The molecule has 5 nitrogen and oxygen atoms in total. The van der Waals surface area contributed by atoms with Gasteiger partial charge in [0.25, 0.3) is 5.91 Å². The first kappa shape index (κ1) is 19.3. The zero-order valence-electron chi connectivity index (χ0n) is 13.3. The predicted octanol–water partition coefficient (Wildman–Crippen LogP) is 2.79. The summed E-state index contributed by atoms with van der Waals surface area (Å²) in [6, 6.07) is 1.49. The van der Waals surface area contributed by atoms with E-state index >= 15 is 0 Å². The molecule has 0 aliphatic heterocycles. The molecule has 0 aromatic carbocycles. The van der Waals surface area contributed by atoms with E-state index in [1.807, 2.05) is 0 Å². The van der Waals surface area contributed by atoms with Gasteiger partial charge in [-0.2, -0.15) is 8.78 Å². The molecule has 0 atom stereocenters. The summed E-state index contributed by atoms with van der Waals surface area (Å²) in [6.07, 6.45) is 7.16. The number of rotatable bonds is 7. The lowest BCUT2D eigenvalue weighted by molar-refractivity contribution is 0.0954. The lowest BCUT2D eigenvalue weighted by Crippen LogP contribution is -2.37. The molecule has 0 saturated heterocycles. The summed E-state index contributed by atoms with van der Waals surface area (Å²) in [5, 5.41) is 7.29. The zero-order chi connectivity index (χ0) is 17.6. The number of carbonyl (C=O) groups is 1. The second-order valence-electron chi connectivity index (χ2n) is 5.82. The van der Waals surface area contributed by atoms with Crippen molar-refractivity contribution in [2.45, 2.75) is 55.2 Å². The highest BCUT2D eigenvalue weighted by molar-refractivity contribution is 7.92. The topological polar surface area (TPSA) is 75.3 Å². The molecule has 1 heterocycles. The van der Waals surface area contributed by atoms with Crippen LogP contribution in [-0.2, 0) is 9.84 Å². The number of halogens is 2. The van der Waals surface area contributed by atoms with Crippen LogP contribution in [0.25, 0.3) is 0 Å². The monoisotopic (exact) mass is 380 g/mol. The van der Waals surface area contributed by atoms with Crippen molar-refractivity contribution in [2.24, 2.45) is 0 Å². The van der Waals surface area contributed by atoms with Gasteiger partial charge in [-0.25, -0.2) is 8.42 Å². The second-order valence-corrected chi connectivity index (χ2v) is 8.62. The summed E-state index contributed by atoms with van der Waals surface area (Å²) >= 11 is 0.846. The highest BCUT2D eigenvalue weighted by Crippen LogP contribution is 2.26. The van der Waals surface area contributed by atoms with Crippen molar-refractivity contribution in [3.8, 4) is 0 Å². The smallest absolute Gasteiger partial charge is 0.341 e. The Hall–Kier alpha value is -1.06. The van der Waals surface area contributed by atoms with Gasteiger partial charge in [-0.05, 0) is 24.3 Å². The molecule has 1 fully saturated rings. The summed E-state index contributed by atoms with van der Waals surface area (Å²) in [5.74, 6) is -4.16. The number of thiophene rings is 1. The van der Waals surface area contributed by atoms with E-state index in [-0.39, 0.29) is 4.88 Å². The van der Waals surface area contributed by atoms with Gasteiger partial charge in [-0.3, -0.25) is 4.79 Å². The molecule has 136 valence electrons. The van der Waals surface area contributed by atoms with E-state index in [4.69, 9.17) is 0 Å². The Bertz CT molecular complexity index is 639. The molecule has 1 saturated carbocycles. The van der Waals surface area contributed by atoms with Crippen molar-refractivity contribution in [3.63, 3.8) is 0 Å². The number of carbonyl (C=O) groups excluding carboxylic acids is 1. The molecule has 1 aliphatic rings. The van der Waals surface area contributed by atoms with E-state index in [9.17, 15) is 22.0 Å². The van der Waals surface area contributed by atoms with E-state index in [0.29, 0.717) is 19.1 Å². The Labute approximate surface area is 144 Å². The van der Waals surface area contributed by atoms with Crippen molar-refractivity contribution in [1.29, 1.82) is 0 Å². The van der Waals surface area contributed by atoms with Gasteiger partial charge in [0, 0.05) is 19.1 Å². The minimum Gasteiger partial charge on any atom is -0.350 e. The Morgan fingerprint density at radius 3 is 2.50 bits per heavy atom. The second kappa shape index (κ2) is 8.87. The molecule has 24 heavy (non-hydrogen) atoms. The Balaban J connectivity index is 1.84. The summed E-state index contributed by atoms with van der Waals surface area (Å²) in [6.45, 7) is 0.889. The molecule has 0 radical (unpaired) electrons. The van der Waals surface area contributed by atoms with Crippen LogP contribution in [0.3, 0.4) is 0 Å². The van der Waals surface area contributed by atoms with Crippen LogP contribution in [0.2, 0.25) is 0 Å². The summed E-state index contributed by atoms with van der Waals surface area (Å²) in [7, 11) is -4.76. The molecule has 1 aromatic heterocycles. The van der Waals surface area contributed by atoms with Gasteiger partial charge in [-0.1, -0.05) is 25.7 Å². The Morgan fingerprint density at radius 2 is 1.88 bits per heavy atom. The maximum absolute atomic E-state index is 12.6. The summed E-state index contributed by atoms with van der Waals surface area (Å²) < 4.78 is 48.4. The molecular weight excluding hydrogens is 358 g/mol. The van der Waals surface area contributed by atoms with Crippen LogP contribution in [-0.4, -0.2) is 39.2 Å². The van der Waals surface area contributed by atoms with Crippen molar-refractivity contribution in [2.75, 3.05) is 13.1 Å². The third-order valence-corrected chi connectivity index (χ3v) is 6.54. The molecule has 0 spiro atoms. The fraction of sp³-hybridized carbons (Fsp3) is 0.667. The fourth-order valence-corrected chi connectivity index (χ4v) is 4.88. The molecule has 0 unspecified atom stereocenters. The molecule has 1 amide bonds. The summed E-state index contributed by atoms with van der Waals surface area (Å²) in [4.78, 5) is 11.3. The van der Waals surface area contributed by atoms with Crippen molar-refractivity contribution in [3.05, 3.63) is 16.3 Å². The molecule has 2 rings (SSSR count). The van der Waals surface area contributed by atoms with Crippen molar-refractivity contribution in [1.82, 2.24) is 10.6 Å². The van der Waals surface area contributed by atoms with Gasteiger partial charge >= 0.3 is 5.76 Å². The van der Waals surface area contributed by atoms with Crippen LogP contribution in [0.4, 0.5) is 8.78 Å². The number of amides is 1. The van der Waals surface area contributed by atoms with E-state index in [0.717, 1.165) is 30.2 Å². The van der Waals surface area contributed by atoms with E-state index in [2.05, 4.69) is 10.6 Å². The number of hydrogen-bond donors (Lipinski definition) is 2. The Morgan fingerprint density at radius 1 is 1.21 bits per heavy atom. The average molecular weight is 380 g/mol. The van der Waals surface area contributed by atoms with Crippen LogP contribution in [0.15, 0.2) is 16.3 Å². The van der Waals surface area contributed by atoms with Gasteiger partial charge in [0.1, 0.15) is 4.88 Å². The Kier molecular flexibility index (Phi) is 7.12. The number of alkyl halides is 2. The first-order chi connectivity index (χ1) is 11.4. The van der Waals surface area contributed by atoms with Gasteiger partial charge in [-0.15, -0.1) is 11.3 Å². The SMILES string of the molecule is O=C(NCCNC1CCCCCC1)c1sccc1S(=O)(=O)C(F)F. The average Bonchev–Trinajstić information content (AvgIpc) is 2.90. The summed E-state index contributed by atoms with van der Waals surface area (Å²) in [5.41, 5.74) is 0.